The number of allylic oxidation sites excluding steroid dienone is 1. The van der Waals surface area contributed by atoms with E-state index in [4.69, 9.17) is 0 Å². The fourth-order valence-electron chi connectivity index (χ4n) is 3.49. The van der Waals surface area contributed by atoms with E-state index in [1.54, 1.807) is 19.1 Å². The second-order valence-corrected chi connectivity index (χ2v) is 6.75. The van der Waals surface area contributed by atoms with Crippen LogP contribution < -0.4 is 10.6 Å². The van der Waals surface area contributed by atoms with Gasteiger partial charge in [-0.15, -0.1) is 0 Å². The van der Waals surface area contributed by atoms with E-state index in [1.807, 2.05) is 60.7 Å². The van der Waals surface area contributed by atoms with Gasteiger partial charge >= 0.3 is 6.03 Å². The first-order chi connectivity index (χ1) is 13.6. The third kappa shape index (κ3) is 3.45. The van der Waals surface area contributed by atoms with Gasteiger partial charge in [-0.2, -0.15) is 0 Å². The second kappa shape index (κ2) is 7.53. The van der Waals surface area contributed by atoms with Gasteiger partial charge in [0, 0.05) is 16.8 Å². The number of carbonyl (C=O) groups is 2. The molecule has 1 aliphatic rings. The van der Waals surface area contributed by atoms with Crippen LogP contribution in [-0.2, 0) is 0 Å². The van der Waals surface area contributed by atoms with Crippen LogP contribution >= 0.6 is 0 Å². The number of Topliss-reactive ketones (excluding diaryl/α,β-unsaturated/α-hetero) is 1. The van der Waals surface area contributed by atoms with Crippen LogP contribution in [0.15, 0.2) is 96.2 Å². The van der Waals surface area contributed by atoms with Gasteiger partial charge in [0.15, 0.2) is 5.78 Å². The summed E-state index contributed by atoms with van der Waals surface area (Å²) in [6.07, 6.45) is 0. The van der Waals surface area contributed by atoms with Crippen molar-refractivity contribution in [2.24, 2.45) is 0 Å². The largest absolute Gasteiger partial charge is 0.327 e. The SMILES string of the molecule is CC1=C(C(=O)c2ccccc2)C(c2ccc(-c3ccccc3)cc2)NC(=O)N1. The maximum atomic E-state index is 13.1. The molecule has 28 heavy (non-hydrogen) atoms. The Bertz CT molecular complexity index is 1040. The molecule has 0 saturated carbocycles. The minimum atomic E-state index is -0.494. The number of amides is 2. The Morgan fingerprint density at radius 1 is 0.786 bits per heavy atom. The van der Waals surface area contributed by atoms with E-state index in [-0.39, 0.29) is 11.8 Å². The minimum Gasteiger partial charge on any atom is -0.327 e. The summed E-state index contributed by atoms with van der Waals surface area (Å²) in [5, 5.41) is 5.62. The molecular formula is C24H20N2O2. The van der Waals surface area contributed by atoms with Crippen LogP contribution in [0.3, 0.4) is 0 Å². The summed E-state index contributed by atoms with van der Waals surface area (Å²) in [6, 6.07) is 26.4. The Morgan fingerprint density at radius 2 is 1.36 bits per heavy atom. The number of carbonyl (C=O) groups excluding carboxylic acids is 2. The number of nitrogens with one attached hydrogen (secondary N) is 2. The molecule has 0 fully saturated rings. The summed E-state index contributed by atoms with van der Waals surface area (Å²) in [7, 11) is 0. The molecule has 0 aromatic heterocycles. The zero-order valence-corrected chi connectivity index (χ0v) is 15.5. The molecule has 1 heterocycles. The van der Waals surface area contributed by atoms with Gasteiger partial charge in [0.25, 0.3) is 0 Å². The smallest absolute Gasteiger partial charge is 0.319 e. The summed E-state index contributed by atoms with van der Waals surface area (Å²) in [5.74, 6) is -0.0947. The van der Waals surface area contributed by atoms with Gasteiger partial charge in [0.2, 0.25) is 0 Å². The molecule has 4 rings (SSSR count). The Hall–Kier alpha value is -3.66. The van der Waals surface area contributed by atoms with E-state index < -0.39 is 6.04 Å². The van der Waals surface area contributed by atoms with Crippen LogP contribution in [0.2, 0.25) is 0 Å². The number of hydrogen-bond acceptors (Lipinski definition) is 2. The average Bonchev–Trinajstić information content (AvgIpc) is 2.74. The molecule has 4 nitrogen and oxygen atoms in total. The van der Waals surface area contributed by atoms with Gasteiger partial charge in [-0.25, -0.2) is 4.79 Å². The monoisotopic (exact) mass is 368 g/mol. The molecule has 0 spiro atoms. The van der Waals surface area contributed by atoms with Crippen LogP contribution in [-0.4, -0.2) is 11.8 Å². The maximum absolute atomic E-state index is 13.1. The lowest BCUT2D eigenvalue weighted by atomic mass is 9.89. The minimum absolute atomic E-state index is 0.0947. The highest BCUT2D eigenvalue weighted by molar-refractivity contribution is 6.11. The topological polar surface area (TPSA) is 58.2 Å². The molecule has 0 bridgehead atoms. The first-order valence-corrected chi connectivity index (χ1v) is 9.17. The summed E-state index contributed by atoms with van der Waals surface area (Å²) >= 11 is 0. The van der Waals surface area contributed by atoms with Gasteiger partial charge in [-0.05, 0) is 23.6 Å². The molecule has 3 aromatic carbocycles. The van der Waals surface area contributed by atoms with E-state index in [9.17, 15) is 9.59 Å². The van der Waals surface area contributed by atoms with Crippen LogP contribution in [0, 0.1) is 0 Å². The predicted molar refractivity (Wildman–Crippen MR) is 110 cm³/mol. The van der Waals surface area contributed by atoms with Crippen LogP contribution in [0.25, 0.3) is 11.1 Å². The molecule has 4 heteroatoms. The summed E-state index contributed by atoms with van der Waals surface area (Å²) in [6.45, 7) is 1.76. The summed E-state index contributed by atoms with van der Waals surface area (Å²) < 4.78 is 0. The normalized spacial score (nSPS) is 16.3. The number of benzene rings is 3. The van der Waals surface area contributed by atoms with E-state index in [1.165, 1.54) is 0 Å². The van der Waals surface area contributed by atoms with Crippen molar-refractivity contribution in [3.8, 4) is 11.1 Å². The molecule has 3 aromatic rings. The molecule has 0 aliphatic carbocycles. The van der Waals surface area contributed by atoms with E-state index in [0.29, 0.717) is 16.8 Å². The van der Waals surface area contributed by atoms with Crippen molar-refractivity contribution in [1.29, 1.82) is 0 Å². The van der Waals surface area contributed by atoms with Crippen molar-refractivity contribution in [1.82, 2.24) is 10.6 Å². The van der Waals surface area contributed by atoms with Crippen LogP contribution in [0.1, 0.15) is 28.9 Å². The Kier molecular flexibility index (Phi) is 4.77. The molecule has 0 saturated heterocycles. The number of urea groups is 1. The molecular weight excluding hydrogens is 348 g/mol. The molecule has 2 amide bonds. The highest BCUT2D eigenvalue weighted by Gasteiger charge is 2.31. The summed E-state index contributed by atoms with van der Waals surface area (Å²) in [5.41, 5.74) is 4.80. The van der Waals surface area contributed by atoms with Gasteiger partial charge in [-0.3, -0.25) is 4.79 Å². The maximum Gasteiger partial charge on any atom is 0.319 e. The quantitative estimate of drug-likeness (QED) is 0.646. The Labute approximate surface area is 163 Å². The number of hydrogen-bond donors (Lipinski definition) is 2. The van der Waals surface area contributed by atoms with E-state index in [2.05, 4.69) is 22.8 Å². The van der Waals surface area contributed by atoms with Crippen molar-refractivity contribution in [2.45, 2.75) is 13.0 Å². The van der Waals surface area contributed by atoms with Crippen molar-refractivity contribution >= 4 is 11.8 Å². The van der Waals surface area contributed by atoms with Gasteiger partial charge < -0.3 is 10.6 Å². The first kappa shape index (κ1) is 17.7. The van der Waals surface area contributed by atoms with Crippen molar-refractivity contribution < 1.29 is 9.59 Å². The van der Waals surface area contributed by atoms with Gasteiger partial charge in [0.1, 0.15) is 0 Å². The zero-order chi connectivity index (χ0) is 19.5. The molecule has 1 unspecified atom stereocenters. The van der Waals surface area contributed by atoms with E-state index >= 15 is 0 Å². The second-order valence-electron chi connectivity index (χ2n) is 6.75. The third-order valence-corrected chi connectivity index (χ3v) is 4.90. The molecule has 1 atom stereocenters. The van der Waals surface area contributed by atoms with Gasteiger partial charge in [-0.1, -0.05) is 84.9 Å². The van der Waals surface area contributed by atoms with Crippen molar-refractivity contribution in [2.75, 3.05) is 0 Å². The van der Waals surface area contributed by atoms with Gasteiger partial charge in [0.05, 0.1) is 6.04 Å². The van der Waals surface area contributed by atoms with Crippen LogP contribution in [0.4, 0.5) is 4.79 Å². The Balaban J connectivity index is 1.71. The summed E-state index contributed by atoms with van der Waals surface area (Å²) in [4.78, 5) is 25.2. The highest BCUT2D eigenvalue weighted by atomic mass is 16.2. The third-order valence-electron chi connectivity index (χ3n) is 4.90. The fraction of sp³-hybridized carbons (Fsp3) is 0.0833. The first-order valence-electron chi connectivity index (χ1n) is 9.17. The lowest BCUT2D eigenvalue weighted by Gasteiger charge is -2.28. The highest BCUT2D eigenvalue weighted by Crippen LogP contribution is 2.31. The average molecular weight is 368 g/mol. The van der Waals surface area contributed by atoms with Crippen LogP contribution in [0.5, 0.6) is 0 Å². The standard InChI is InChI=1S/C24H20N2O2/c1-16-21(23(27)20-10-6-3-7-11-20)22(26-24(28)25-16)19-14-12-18(13-15-19)17-8-4-2-5-9-17/h2-15,22H,1H3,(H2,25,26,28). The lowest BCUT2D eigenvalue weighted by molar-refractivity contribution is 0.102. The predicted octanol–water partition coefficient (Wildman–Crippen LogP) is 4.86. The molecule has 1 aliphatic heterocycles. The molecule has 2 N–H and O–H groups in total. The lowest BCUT2D eigenvalue weighted by Crippen LogP contribution is -2.45. The van der Waals surface area contributed by atoms with E-state index in [0.717, 1.165) is 16.7 Å². The fourth-order valence-corrected chi connectivity index (χ4v) is 3.49. The Morgan fingerprint density at radius 3 is 2.00 bits per heavy atom. The van der Waals surface area contributed by atoms with Crippen molar-refractivity contribution in [3.05, 3.63) is 107 Å². The molecule has 138 valence electrons. The number of rotatable bonds is 4. The van der Waals surface area contributed by atoms with Crippen molar-refractivity contribution in [3.63, 3.8) is 0 Å². The zero-order valence-electron chi connectivity index (χ0n) is 15.5. The number of ketones is 1. The molecule has 0 radical (unpaired) electrons.